The Bertz CT molecular complexity index is 709. The second-order valence-corrected chi connectivity index (χ2v) is 7.01. The zero-order chi connectivity index (χ0) is 17.3. The van der Waals surface area contributed by atoms with Gasteiger partial charge in [0, 0.05) is 9.79 Å². The zero-order valence-electron chi connectivity index (χ0n) is 10.9. The molecular weight excluding hydrogens is 406 g/mol. The van der Waals surface area contributed by atoms with Gasteiger partial charge in [0.25, 0.3) is 0 Å². The van der Waals surface area contributed by atoms with Crippen LogP contribution in [0.15, 0.2) is 34.1 Å². The highest BCUT2D eigenvalue weighted by atomic mass is 35.5. The summed E-state index contributed by atoms with van der Waals surface area (Å²) in [5, 5.41) is 18.0. The molecule has 0 saturated heterocycles. The second-order valence-electron chi connectivity index (χ2n) is 4.24. The van der Waals surface area contributed by atoms with E-state index in [-0.39, 0.29) is 31.2 Å². The van der Waals surface area contributed by atoms with Crippen molar-refractivity contribution in [3.63, 3.8) is 0 Å². The Labute approximate surface area is 154 Å². The largest absolute Gasteiger partial charge is 0.478 e. The number of carboxylic acids is 2. The van der Waals surface area contributed by atoms with Crippen LogP contribution >= 0.6 is 58.2 Å². The molecule has 0 atom stereocenters. The number of carbonyl (C=O) groups is 2. The third-order valence-corrected chi connectivity index (χ3v) is 4.83. The lowest BCUT2D eigenvalue weighted by atomic mass is 10.2. The van der Waals surface area contributed by atoms with Crippen LogP contribution in [0, 0.1) is 0 Å². The van der Waals surface area contributed by atoms with Crippen molar-refractivity contribution in [1.82, 2.24) is 0 Å². The molecular formula is C14H6Cl4O4S. The van der Waals surface area contributed by atoms with E-state index in [2.05, 4.69) is 0 Å². The third kappa shape index (κ3) is 4.05. The van der Waals surface area contributed by atoms with E-state index < -0.39 is 11.9 Å². The molecule has 0 radical (unpaired) electrons. The molecule has 0 fully saturated rings. The van der Waals surface area contributed by atoms with Gasteiger partial charge in [0.2, 0.25) is 0 Å². The Morgan fingerprint density at radius 3 is 1.17 bits per heavy atom. The highest BCUT2D eigenvalue weighted by Gasteiger charge is 2.18. The predicted octanol–water partition coefficient (Wildman–Crippen LogP) is 5.85. The van der Waals surface area contributed by atoms with Gasteiger partial charge in [-0.25, -0.2) is 9.59 Å². The van der Waals surface area contributed by atoms with Crippen LogP contribution in [-0.4, -0.2) is 22.2 Å². The highest BCUT2D eigenvalue weighted by Crippen LogP contribution is 2.38. The summed E-state index contributed by atoms with van der Waals surface area (Å²) in [6, 6.07) is 5.76. The second kappa shape index (κ2) is 7.20. The fraction of sp³-hybridized carbons (Fsp3) is 0. The molecule has 0 unspecified atom stereocenters. The van der Waals surface area contributed by atoms with Crippen molar-refractivity contribution < 1.29 is 19.8 Å². The van der Waals surface area contributed by atoms with Gasteiger partial charge in [-0.05, 0) is 24.3 Å². The zero-order valence-corrected chi connectivity index (χ0v) is 14.8. The predicted molar refractivity (Wildman–Crippen MR) is 91.0 cm³/mol. The summed E-state index contributed by atoms with van der Waals surface area (Å²) in [5.41, 5.74) is -0.370. The van der Waals surface area contributed by atoms with Gasteiger partial charge in [-0.15, -0.1) is 0 Å². The monoisotopic (exact) mass is 410 g/mol. The third-order valence-electron chi connectivity index (χ3n) is 2.69. The molecule has 9 heteroatoms. The Morgan fingerprint density at radius 1 is 0.696 bits per heavy atom. The molecule has 0 aliphatic carbocycles. The Balaban J connectivity index is 2.41. The number of halogens is 4. The number of benzene rings is 2. The van der Waals surface area contributed by atoms with Crippen molar-refractivity contribution in [2.24, 2.45) is 0 Å². The lowest BCUT2D eigenvalue weighted by Crippen LogP contribution is -1.99. The van der Waals surface area contributed by atoms with Crippen molar-refractivity contribution in [2.75, 3.05) is 0 Å². The molecule has 2 aromatic rings. The molecule has 4 nitrogen and oxygen atoms in total. The topological polar surface area (TPSA) is 74.6 Å². The minimum Gasteiger partial charge on any atom is -0.478 e. The number of hydrogen-bond acceptors (Lipinski definition) is 3. The minimum absolute atomic E-state index is 0.00755. The number of carboxylic acid groups (broad SMARTS) is 2. The SMILES string of the molecule is O=C(O)c1c(Cl)cc(Sc2cc(Cl)c(C(=O)O)c(Cl)c2)cc1Cl. The maximum Gasteiger partial charge on any atom is 0.338 e. The lowest BCUT2D eigenvalue weighted by molar-refractivity contribution is 0.0686. The summed E-state index contributed by atoms with van der Waals surface area (Å²) >= 11 is 24.8. The molecule has 0 aliphatic rings. The van der Waals surface area contributed by atoms with Gasteiger partial charge in [-0.1, -0.05) is 58.2 Å². The number of hydrogen-bond donors (Lipinski definition) is 2. The molecule has 0 amide bonds. The molecule has 2 N–H and O–H groups in total. The van der Waals surface area contributed by atoms with Crippen LogP contribution in [0.4, 0.5) is 0 Å². The molecule has 2 aromatic carbocycles. The van der Waals surface area contributed by atoms with Crippen molar-refractivity contribution in [2.45, 2.75) is 9.79 Å². The fourth-order valence-electron chi connectivity index (χ4n) is 1.76. The molecule has 120 valence electrons. The van der Waals surface area contributed by atoms with E-state index in [1.807, 2.05) is 0 Å². The van der Waals surface area contributed by atoms with E-state index in [1.165, 1.54) is 24.3 Å². The van der Waals surface area contributed by atoms with E-state index in [4.69, 9.17) is 56.6 Å². The van der Waals surface area contributed by atoms with Crippen LogP contribution in [0.5, 0.6) is 0 Å². The maximum atomic E-state index is 11.0. The average Bonchev–Trinajstić information content (AvgIpc) is 2.35. The summed E-state index contributed by atoms with van der Waals surface area (Å²) in [5.74, 6) is -2.46. The van der Waals surface area contributed by atoms with E-state index in [0.717, 1.165) is 11.8 Å². The van der Waals surface area contributed by atoms with Gasteiger partial charge in [0.15, 0.2) is 0 Å². The summed E-state index contributed by atoms with van der Waals surface area (Å²) in [4.78, 5) is 23.2. The first-order chi connectivity index (χ1) is 10.7. The average molecular weight is 412 g/mol. The molecule has 2 rings (SSSR count). The quantitative estimate of drug-likeness (QED) is 0.660. The van der Waals surface area contributed by atoms with Crippen molar-refractivity contribution in [3.05, 3.63) is 55.5 Å². The van der Waals surface area contributed by atoms with Crippen LogP contribution in [0.2, 0.25) is 20.1 Å². The van der Waals surface area contributed by atoms with Crippen LogP contribution < -0.4 is 0 Å². The van der Waals surface area contributed by atoms with Crippen LogP contribution in [-0.2, 0) is 0 Å². The molecule has 0 heterocycles. The van der Waals surface area contributed by atoms with Crippen LogP contribution in [0.25, 0.3) is 0 Å². The van der Waals surface area contributed by atoms with E-state index in [0.29, 0.717) is 9.79 Å². The van der Waals surface area contributed by atoms with Crippen molar-refractivity contribution in [3.8, 4) is 0 Å². The number of rotatable bonds is 4. The normalized spacial score (nSPS) is 10.6. The Morgan fingerprint density at radius 2 is 0.957 bits per heavy atom. The Hall–Kier alpha value is -1.11. The minimum atomic E-state index is -1.23. The summed E-state index contributed by atoms with van der Waals surface area (Å²) in [6.07, 6.45) is 0. The Kier molecular flexibility index (Phi) is 5.70. The fourth-order valence-corrected chi connectivity index (χ4v) is 4.30. The van der Waals surface area contributed by atoms with Crippen molar-refractivity contribution >= 4 is 70.1 Å². The van der Waals surface area contributed by atoms with Gasteiger partial charge < -0.3 is 10.2 Å². The molecule has 0 saturated carbocycles. The van der Waals surface area contributed by atoms with Gasteiger partial charge in [-0.2, -0.15) is 0 Å². The van der Waals surface area contributed by atoms with E-state index >= 15 is 0 Å². The molecule has 0 spiro atoms. The van der Waals surface area contributed by atoms with Crippen molar-refractivity contribution in [1.29, 1.82) is 0 Å². The van der Waals surface area contributed by atoms with E-state index in [1.54, 1.807) is 0 Å². The highest BCUT2D eigenvalue weighted by molar-refractivity contribution is 7.99. The molecule has 0 aliphatic heterocycles. The smallest absolute Gasteiger partial charge is 0.338 e. The standard InChI is InChI=1S/C14H6Cl4O4S/c15-7-1-5(2-8(16)11(7)13(19)20)23-6-3-9(17)12(14(21)22)10(18)4-6/h1-4H,(H,19,20)(H,21,22). The maximum absolute atomic E-state index is 11.0. The van der Waals surface area contributed by atoms with Gasteiger partial charge in [-0.3, -0.25) is 0 Å². The summed E-state index contributed by atoms with van der Waals surface area (Å²) in [6.45, 7) is 0. The first kappa shape index (κ1) is 18.2. The lowest BCUT2D eigenvalue weighted by Gasteiger charge is -2.09. The summed E-state index contributed by atoms with van der Waals surface area (Å²) < 4.78 is 0. The van der Waals surface area contributed by atoms with E-state index in [9.17, 15) is 9.59 Å². The molecule has 0 aromatic heterocycles. The van der Waals surface area contributed by atoms with Gasteiger partial charge >= 0.3 is 11.9 Å². The van der Waals surface area contributed by atoms with Crippen LogP contribution in [0.3, 0.4) is 0 Å². The van der Waals surface area contributed by atoms with Gasteiger partial charge in [0.05, 0.1) is 31.2 Å². The van der Waals surface area contributed by atoms with Gasteiger partial charge in [0.1, 0.15) is 0 Å². The summed E-state index contributed by atoms with van der Waals surface area (Å²) in [7, 11) is 0. The number of aromatic carboxylic acids is 2. The molecule has 0 bridgehead atoms. The molecule has 23 heavy (non-hydrogen) atoms. The van der Waals surface area contributed by atoms with Crippen LogP contribution in [0.1, 0.15) is 20.7 Å². The first-order valence-corrected chi connectivity index (χ1v) is 8.16. The first-order valence-electron chi connectivity index (χ1n) is 5.83.